The van der Waals surface area contributed by atoms with Crippen LogP contribution in [0.3, 0.4) is 0 Å². The Bertz CT molecular complexity index is 712. The van der Waals surface area contributed by atoms with Gasteiger partial charge in [0.05, 0.1) is 0 Å². The van der Waals surface area contributed by atoms with E-state index in [4.69, 9.17) is 4.74 Å². The Morgan fingerprint density at radius 2 is 1.85 bits per heavy atom. The van der Waals surface area contributed by atoms with Gasteiger partial charge in [0.2, 0.25) is 0 Å². The van der Waals surface area contributed by atoms with E-state index < -0.39 is 0 Å². The first-order valence-electron chi connectivity index (χ1n) is 14.0. The summed E-state index contributed by atoms with van der Waals surface area (Å²) >= 11 is 0. The van der Waals surface area contributed by atoms with Gasteiger partial charge in [-0.25, -0.2) is 0 Å². The van der Waals surface area contributed by atoms with Gasteiger partial charge in [-0.05, 0) is 79.6 Å². The maximum absolute atomic E-state index is 11.4. The molecular formula is C31H52O2. The Hall–Kier alpha value is -1.31. The molecule has 0 aromatic rings. The van der Waals surface area contributed by atoms with Crippen molar-refractivity contribution in [2.75, 3.05) is 0 Å². The van der Waals surface area contributed by atoms with E-state index in [0.29, 0.717) is 5.41 Å². The van der Waals surface area contributed by atoms with Crippen molar-refractivity contribution < 1.29 is 9.53 Å². The minimum absolute atomic E-state index is 0.0202. The molecule has 3 saturated carbocycles. The van der Waals surface area contributed by atoms with Crippen LogP contribution in [0.4, 0.5) is 0 Å². The summed E-state index contributed by atoms with van der Waals surface area (Å²) in [5, 5.41) is 0. The molecule has 5 atom stereocenters. The second kappa shape index (κ2) is 13.0. The Morgan fingerprint density at radius 3 is 2.52 bits per heavy atom. The van der Waals surface area contributed by atoms with E-state index in [1.807, 2.05) is 13.8 Å². The molecule has 0 saturated heterocycles. The average Bonchev–Trinajstić information content (AvgIpc) is 3.12. The predicted octanol–water partition coefficient (Wildman–Crippen LogP) is 9.22. The van der Waals surface area contributed by atoms with Gasteiger partial charge in [0.1, 0.15) is 6.10 Å². The topological polar surface area (TPSA) is 26.3 Å². The number of fused-ring (bicyclic) bond motifs is 1. The van der Waals surface area contributed by atoms with Gasteiger partial charge in [-0.2, -0.15) is 0 Å². The standard InChI is InChI=1S/C29H46O2.C2H6/c1-20(2)9-7-10-22(4)27-16-17-28-24(11-8-18-29(27,28)6)13-14-25-19-26(31-23(5)30)15-12-21(25)3;1-2/h13-14,20,22,26-28H,3,7-12,15-19H2,1-2,4-6H3;1-2H3/b24-13+,25-14-;/t22-,26+,27?,28+,29-;/m1./s1. The summed E-state index contributed by atoms with van der Waals surface area (Å²) in [5.41, 5.74) is 4.65. The number of ether oxygens (including phenoxy) is 1. The largest absolute Gasteiger partial charge is 0.462 e. The molecule has 0 aliphatic heterocycles. The van der Waals surface area contributed by atoms with Crippen LogP contribution in [0, 0.1) is 29.1 Å². The van der Waals surface area contributed by atoms with Crippen LogP contribution >= 0.6 is 0 Å². The summed E-state index contributed by atoms with van der Waals surface area (Å²) in [4.78, 5) is 11.4. The molecule has 0 radical (unpaired) electrons. The first-order valence-corrected chi connectivity index (χ1v) is 14.0. The highest BCUT2D eigenvalue weighted by atomic mass is 16.5. The summed E-state index contributed by atoms with van der Waals surface area (Å²) in [6.45, 7) is 19.6. The summed E-state index contributed by atoms with van der Waals surface area (Å²) < 4.78 is 5.49. The van der Waals surface area contributed by atoms with E-state index in [9.17, 15) is 4.79 Å². The van der Waals surface area contributed by atoms with Crippen LogP contribution in [0.15, 0.2) is 35.5 Å². The van der Waals surface area contributed by atoms with Gasteiger partial charge in [-0.15, -0.1) is 0 Å². The van der Waals surface area contributed by atoms with Crippen molar-refractivity contribution in [3.05, 3.63) is 35.5 Å². The molecule has 2 heteroatoms. The van der Waals surface area contributed by atoms with E-state index in [1.165, 1.54) is 69.4 Å². The lowest BCUT2D eigenvalue weighted by Crippen LogP contribution is -2.36. The molecular weight excluding hydrogens is 404 g/mol. The van der Waals surface area contributed by atoms with Crippen LogP contribution in [-0.4, -0.2) is 12.1 Å². The van der Waals surface area contributed by atoms with E-state index in [1.54, 1.807) is 5.57 Å². The molecule has 0 heterocycles. The fourth-order valence-corrected chi connectivity index (χ4v) is 6.98. The molecule has 3 aliphatic rings. The van der Waals surface area contributed by atoms with Gasteiger partial charge < -0.3 is 4.74 Å². The molecule has 2 nitrogen and oxygen atoms in total. The van der Waals surface area contributed by atoms with Gasteiger partial charge >= 0.3 is 5.97 Å². The van der Waals surface area contributed by atoms with Crippen molar-refractivity contribution in [3.8, 4) is 0 Å². The lowest BCUT2D eigenvalue weighted by molar-refractivity contribution is -0.146. The monoisotopic (exact) mass is 456 g/mol. The summed E-state index contributed by atoms with van der Waals surface area (Å²) in [7, 11) is 0. The van der Waals surface area contributed by atoms with Crippen molar-refractivity contribution in [3.63, 3.8) is 0 Å². The van der Waals surface area contributed by atoms with Gasteiger partial charge in [-0.1, -0.05) is 90.7 Å². The molecule has 33 heavy (non-hydrogen) atoms. The lowest BCUT2D eigenvalue weighted by Gasteiger charge is -2.44. The number of rotatable bonds is 7. The Balaban J connectivity index is 0.00000187. The third kappa shape index (κ3) is 7.33. The van der Waals surface area contributed by atoms with Gasteiger partial charge in [0, 0.05) is 13.3 Å². The summed E-state index contributed by atoms with van der Waals surface area (Å²) in [6, 6.07) is 0. The zero-order chi connectivity index (χ0) is 24.6. The SMILES string of the molecule is C=C1CC[C@H](OC(C)=O)C/C1=C/C=C1\CCC[C@]2(C)C([C@H](C)CCCC(C)C)CC[C@@H]12.CC. The van der Waals surface area contributed by atoms with Crippen LogP contribution in [0.25, 0.3) is 0 Å². The van der Waals surface area contributed by atoms with Crippen LogP contribution in [0.1, 0.15) is 119 Å². The van der Waals surface area contributed by atoms with Gasteiger partial charge in [0.15, 0.2) is 0 Å². The molecule has 3 rings (SSSR count). The highest BCUT2D eigenvalue weighted by Crippen LogP contribution is 2.60. The number of hydrogen-bond acceptors (Lipinski definition) is 2. The fraction of sp³-hybridized carbons (Fsp3) is 0.774. The minimum Gasteiger partial charge on any atom is -0.462 e. The maximum Gasteiger partial charge on any atom is 0.302 e. The molecule has 1 unspecified atom stereocenters. The van der Waals surface area contributed by atoms with Gasteiger partial charge in [-0.3, -0.25) is 4.79 Å². The van der Waals surface area contributed by atoms with E-state index in [2.05, 4.69) is 46.4 Å². The van der Waals surface area contributed by atoms with Crippen LogP contribution in [-0.2, 0) is 9.53 Å². The second-order valence-corrected chi connectivity index (χ2v) is 11.4. The zero-order valence-corrected chi connectivity index (χ0v) is 22.8. The van der Waals surface area contributed by atoms with Crippen LogP contribution < -0.4 is 0 Å². The van der Waals surface area contributed by atoms with Crippen molar-refractivity contribution in [2.24, 2.45) is 29.1 Å². The molecule has 0 spiro atoms. The van der Waals surface area contributed by atoms with Crippen molar-refractivity contribution in [2.45, 2.75) is 125 Å². The van der Waals surface area contributed by atoms with E-state index in [-0.39, 0.29) is 12.1 Å². The quantitative estimate of drug-likeness (QED) is 0.357. The molecule has 0 amide bonds. The first-order chi connectivity index (χ1) is 15.7. The molecule has 0 N–H and O–H groups in total. The van der Waals surface area contributed by atoms with E-state index >= 15 is 0 Å². The molecule has 188 valence electrons. The second-order valence-electron chi connectivity index (χ2n) is 11.4. The first kappa shape index (κ1) is 27.9. The third-order valence-electron chi connectivity index (χ3n) is 8.67. The summed E-state index contributed by atoms with van der Waals surface area (Å²) in [5.74, 6) is 3.12. The number of allylic oxidation sites excluding steroid dienone is 4. The number of carbonyl (C=O) groups excluding carboxylic acids is 1. The average molecular weight is 457 g/mol. The molecule has 0 aromatic heterocycles. The Labute approximate surface area is 205 Å². The van der Waals surface area contributed by atoms with Crippen LogP contribution in [0.5, 0.6) is 0 Å². The number of carbonyl (C=O) groups is 1. The third-order valence-corrected chi connectivity index (χ3v) is 8.67. The van der Waals surface area contributed by atoms with Crippen molar-refractivity contribution >= 4 is 5.97 Å². The highest BCUT2D eigenvalue weighted by molar-refractivity contribution is 5.66. The van der Waals surface area contributed by atoms with E-state index in [0.717, 1.165) is 42.9 Å². The zero-order valence-electron chi connectivity index (χ0n) is 22.8. The van der Waals surface area contributed by atoms with Crippen molar-refractivity contribution in [1.82, 2.24) is 0 Å². The normalized spacial score (nSPS) is 33.0. The smallest absolute Gasteiger partial charge is 0.302 e. The Kier molecular flexibility index (Phi) is 11.0. The molecule has 0 aromatic carbocycles. The molecule has 3 aliphatic carbocycles. The number of hydrogen-bond donors (Lipinski definition) is 0. The lowest BCUT2D eigenvalue weighted by atomic mass is 9.60. The van der Waals surface area contributed by atoms with Crippen molar-refractivity contribution in [1.29, 1.82) is 0 Å². The highest BCUT2D eigenvalue weighted by Gasteiger charge is 2.50. The Morgan fingerprint density at radius 1 is 1.12 bits per heavy atom. The minimum atomic E-state index is -0.169. The summed E-state index contributed by atoms with van der Waals surface area (Å²) in [6.07, 6.45) is 18.3. The predicted molar refractivity (Wildman–Crippen MR) is 142 cm³/mol. The van der Waals surface area contributed by atoms with Crippen LogP contribution in [0.2, 0.25) is 0 Å². The van der Waals surface area contributed by atoms with Gasteiger partial charge in [0.25, 0.3) is 0 Å². The molecule has 0 bridgehead atoms. The number of esters is 1. The molecule has 3 fully saturated rings. The fourth-order valence-electron chi connectivity index (χ4n) is 6.98. The maximum atomic E-state index is 11.4.